The van der Waals surface area contributed by atoms with Gasteiger partial charge in [0, 0.05) is 12.8 Å². The molecule has 46 heavy (non-hydrogen) atoms. The maximum atomic E-state index is 13.8. The van der Waals surface area contributed by atoms with Crippen LogP contribution in [0.25, 0.3) is 0 Å². The zero-order valence-electron chi connectivity index (χ0n) is 27.9. The Morgan fingerprint density at radius 1 is 0.500 bits per heavy atom. The van der Waals surface area contributed by atoms with Gasteiger partial charge in [0.05, 0.1) is 0 Å². The lowest BCUT2D eigenvalue weighted by Gasteiger charge is -2.27. The second-order valence-electron chi connectivity index (χ2n) is 13.4. The molecule has 1 saturated heterocycles. The molecule has 10 nitrogen and oxygen atoms in total. The van der Waals surface area contributed by atoms with Crippen molar-refractivity contribution in [2.24, 2.45) is 17.8 Å². The Hall–Kier alpha value is -4.21. The molecule has 2 aromatic rings. The summed E-state index contributed by atoms with van der Waals surface area (Å²) in [6, 6.07) is 14.3. The minimum Gasteiger partial charge on any atom is -0.451 e. The van der Waals surface area contributed by atoms with Crippen LogP contribution in [0.1, 0.15) is 71.9 Å². The monoisotopic (exact) mass is 634 g/mol. The second kappa shape index (κ2) is 17.5. The van der Waals surface area contributed by atoms with Crippen LogP contribution in [0, 0.1) is 17.8 Å². The quantitative estimate of drug-likeness (QED) is 0.295. The summed E-state index contributed by atoms with van der Waals surface area (Å²) in [6.45, 7) is 11.5. The van der Waals surface area contributed by atoms with Crippen LogP contribution in [-0.4, -0.2) is 59.9 Å². The number of rotatable bonds is 10. The molecule has 3 rings (SSSR count). The number of benzene rings is 2. The molecule has 1 fully saturated rings. The maximum absolute atomic E-state index is 13.8. The molecule has 0 unspecified atom stereocenters. The van der Waals surface area contributed by atoms with Gasteiger partial charge >= 0.3 is 5.97 Å². The van der Waals surface area contributed by atoms with Crippen molar-refractivity contribution in [1.82, 2.24) is 21.3 Å². The van der Waals surface area contributed by atoms with Crippen LogP contribution in [0.3, 0.4) is 0 Å². The minimum atomic E-state index is -1.21. The summed E-state index contributed by atoms with van der Waals surface area (Å²) in [5.41, 5.74) is 1.59. The van der Waals surface area contributed by atoms with Gasteiger partial charge in [-0.1, -0.05) is 102 Å². The molecule has 1 heterocycles. The summed E-state index contributed by atoms with van der Waals surface area (Å²) in [5.74, 6) is -2.96. The summed E-state index contributed by atoms with van der Waals surface area (Å²) in [5, 5.41) is 11.3. The van der Waals surface area contributed by atoms with E-state index in [1.165, 1.54) is 0 Å². The van der Waals surface area contributed by atoms with Crippen molar-refractivity contribution in [2.75, 3.05) is 0 Å². The lowest BCUT2D eigenvalue weighted by Crippen LogP contribution is -2.58. The van der Waals surface area contributed by atoms with E-state index in [9.17, 15) is 24.0 Å². The Bertz CT molecular complexity index is 1270. The minimum absolute atomic E-state index is 0.0261. The number of hydrogen-bond donors (Lipinski definition) is 4. The molecule has 0 spiro atoms. The molecule has 250 valence electrons. The van der Waals surface area contributed by atoms with Crippen LogP contribution in [-0.2, 0) is 41.6 Å². The molecule has 1 aliphatic heterocycles. The Morgan fingerprint density at radius 2 is 0.870 bits per heavy atom. The molecule has 5 atom stereocenters. The highest BCUT2D eigenvalue weighted by atomic mass is 16.5. The summed E-state index contributed by atoms with van der Waals surface area (Å²) in [7, 11) is 0. The van der Waals surface area contributed by atoms with Gasteiger partial charge in [0.2, 0.25) is 17.7 Å². The van der Waals surface area contributed by atoms with Gasteiger partial charge in [-0.25, -0.2) is 4.79 Å². The average molecular weight is 635 g/mol. The third-order valence-corrected chi connectivity index (χ3v) is 7.72. The first-order valence-corrected chi connectivity index (χ1v) is 16.3. The highest BCUT2D eigenvalue weighted by Crippen LogP contribution is 2.16. The van der Waals surface area contributed by atoms with E-state index in [1.54, 1.807) is 0 Å². The Balaban J connectivity index is 2.08. The zero-order valence-corrected chi connectivity index (χ0v) is 27.9. The van der Waals surface area contributed by atoms with Crippen molar-refractivity contribution < 1.29 is 28.7 Å². The highest BCUT2D eigenvalue weighted by molar-refractivity contribution is 5.96. The van der Waals surface area contributed by atoms with Crippen molar-refractivity contribution in [2.45, 2.75) is 104 Å². The Labute approximate surface area is 272 Å². The standard InChI is InChI=1S/C36H50N4O6/c1-22(2)17-27-32(41)37-28(18-23(3)4)33(42)40-30(21-26-15-11-8-12-16-26)36(45)46-31(19-24(5)6)35(44)39-29(34(43)38-27)20-25-13-9-7-10-14-25/h7-16,22-24,27-31H,17-21H2,1-6H3,(H,37,41)(H,38,43)(H,39,44)(H,40,42)/t27-,28+,29+,30+,31+/m1/s1. The maximum Gasteiger partial charge on any atom is 0.329 e. The lowest BCUT2D eigenvalue weighted by molar-refractivity contribution is -0.160. The van der Waals surface area contributed by atoms with E-state index >= 15 is 0 Å². The van der Waals surface area contributed by atoms with Crippen LogP contribution < -0.4 is 21.3 Å². The number of cyclic esters (lactones) is 1. The summed E-state index contributed by atoms with van der Waals surface area (Å²) >= 11 is 0. The molecule has 0 saturated carbocycles. The fourth-order valence-corrected chi connectivity index (χ4v) is 5.45. The molecular weight excluding hydrogens is 584 g/mol. The molecule has 0 bridgehead atoms. The number of esters is 1. The zero-order chi connectivity index (χ0) is 33.8. The fraction of sp³-hybridized carbons (Fsp3) is 0.528. The van der Waals surface area contributed by atoms with Gasteiger partial charge in [-0.2, -0.15) is 0 Å². The van der Waals surface area contributed by atoms with E-state index in [-0.39, 0.29) is 37.0 Å². The van der Waals surface area contributed by atoms with E-state index in [0.29, 0.717) is 12.8 Å². The van der Waals surface area contributed by atoms with Gasteiger partial charge in [-0.05, 0) is 48.1 Å². The van der Waals surface area contributed by atoms with Crippen LogP contribution in [0.2, 0.25) is 0 Å². The number of hydrogen-bond acceptors (Lipinski definition) is 6. The summed E-state index contributed by atoms with van der Waals surface area (Å²) in [4.78, 5) is 68.8. The van der Waals surface area contributed by atoms with Gasteiger partial charge in [0.15, 0.2) is 6.10 Å². The van der Waals surface area contributed by atoms with Crippen LogP contribution in [0.15, 0.2) is 60.7 Å². The van der Waals surface area contributed by atoms with Gasteiger partial charge in [-0.3, -0.25) is 19.2 Å². The van der Waals surface area contributed by atoms with Gasteiger partial charge in [0.25, 0.3) is 5.91 Å². The van der Waals surface area contributed by atoms with Crippen LogP contribution in [0.4, 0.5) is 0 Å². The number of amides is 4. The van der Waals surface area contributed by atoms with Crippen molar-refractivity contribution in [1.29, 1.82) is 0 Å². The molecule has 0 radical (unpaired) electrons. The van der Waals surface area contributed by atoms with Crippen molar-refractivity contribution >= 4 is 29.6 Å². The average Bonchev–Trinajstić information content (AvgIpc) is 2.99. The Morgan fingerprint density at radius 3 is 1.30 bits per heavy atom. The van der Waals surface area contributed by atoms with Gasteiger partial charge in [0.1, 0.15) is 24.2 Å². The van der Waals surface area contributed by atoms with Gasteiger partial charge < -0.3 is 26.0 Å². The Kier molecular flexibility index (Phi) is 13.8. The highest BCUT2D eigenvalue weighted by Gasteiger charge is 2.36. The van der Waals surface area contributed by atoms with E-state index in [4.69, 9.17) is 4.74 Å². The SMILES string of the molecule is CC(C)C[C@@H]1NC(=O)[C@@H](CC(C)C)NC(=O)[C@H](Cc2ccccc2)NC(=O)[C@H](CC(C)C)OC(=O)[C@H](Cc2ccccc2)NC1=O. The normalized spacial score (nSPS) is 23.6. The molecule has 10 heteroatoms. The topological polar surface area (TPSA) is 143 Å². The van der Waals surface area contributed by atoms with Crippen molar-refractivity contribution in [3.63, 3.8) is 0 Å². The molecule has 2 aromatic carbocycles. The number of carbonyl (C=O) groups is 5. The van der Waals surface area contributed by atoms with Crippen molar-refractivity contribution in [3.8, 4) is 0 Å². The first-order valence-electron chi connectivity index (χ1n) is 16.3. The fourth-order valence-electron chi connectivity index (χ4n) is 5.45. The first-order chi connectivity index (χ1) is 21.8. The predicted octanol–water partition coefficient (Wildman–Crippen LogP) is 3.47. The van der Waals surface area contributed by atoms with Crippen LogP contribution >= 0.6 is 0 Å². The molecular formula is C36H50N4O6. The molecule has 4 amide bonds. The van der Waals surface area contributed by atoms with Crippen molar-refractivity contribution in [3.05, 3.63) is 71.8 Å². The van der Waals surface area contributed by atoms with E-state index in [1.807, 2.05) is 102 Å². The first kappa shape index (κ1) is 36.3. The number of carbonyl (C=O) groups excluding carboxylic acids is 5. The third-order valence-electron chi connectivity index (χ3n) is 7.72. The second-order valence-corrected chi connectivity index (χ2v) is 13.4. The van der Waals surface area contributed by atoms with E-state index < -0.39 is 59.9 Å². The molecule has 0 aliphatic carbocycles. The largest absolute Gasteiger partial charge is 0.451 e. The number of ether oxygens (including phenoxy) is 1. The predicted molar refractivity (Wildman–Crippen MR) is 176 cm³/mol. The molecule has 0 aromatic heterocycles. The van der Waals surface area contributed by atoms with Gasteiger partial charge in [-0.15, -0.1) is 0 Å². The third kappa shape index (κ3) is 11.6. The van der Waals surface area contributed by atoms with Crippen LogP contribution in [0.5, 0.6) is 0 Å². The molecule has 1 aliphatic rings. The van der Waals surface area contributed by atoms with E-state index in [0.717, 1.165) is 11.1 Å². The summed E-state index contributed by atoms with van der Waals surface area (Å²) < 4.78 is 5.84. The molecule has 4 N–H and O–H groups in total. The lowest BCUT2D eigenvalue weighted by atomic mass is 9.98. The van der Waals surface area contributed by atoms with E-state index in [2.05, 4.69) is 21.3 Å². The number of nitrogens with one attached hydrogen (secondary N) is 4. The smallest absolute Gasteiger partial charge is 0.329 e. The summed E-state index contributed by atoms with van der Waals surface area (Å²) in [6.07, 6.45) is -0.112.